The van der Waals surface area contributed by atoms with Gasteiger partial charge in [-0.05, 0) is 31.9 Å². The molecule has 1 aromatic carbocycles. The van der Waals surface area contributed by atoms with E-state index in [0.717, 1.165) is 25.7 Å². The maximum atomic E-state index is 12.4. The van der Waals surface area contributed by atoms with Gasteiger partial charge in [-0.2, -0.15) is 0 Å². The first-order valence-corrected chi connectivity index (χ1v) is 9.13. The molecule has 2 aromatic rings. The minimum atomic E-state index is -0.541. The molecule has 0 unspecified atom stereocenters. The maximum absolute atomic E-state index is 12.4. The zero-order valence-electron chi connectivity index (χ0n) is 15.0. The number of benzene rings is 1. The second-order valence-electron chi connectivity index (χ2n) is 6.58. The van der Waals surface area contributed by atoms with Gasteiger partial charge in [-0.25, -0.2) is 14.6 Å². The molecule has 0 bridgehead atoms. The Hall–Kier alpha value is -3.03. The summed E-state index contributed by atoms with van der Waals surface area (Å²) in [5, 5.41) is 6.33. The fourth-order valence-electron chi connectivity index (χ4n) is 3.42. The van der Waals surface area contributed by atoms with E-state index >= 15 is 0 Å². The van der Waals surface area contributed by atoms with Crippen molar-refractivity contribution in [3.05, 3.63) is 23.8 Å². The number of fused-ring (bicyclic) bond motifs is 2. The molecule has 1 saturated carbocycles. The molecule has 1 aliphatic heterocycles. The summed E-state index contributed by atoms with van der Waals surface area (Å²) in [7, 11) is 0. The van der Waals surface area contributed by atoms with Gasteiger partial charge in [0.05, 0.1) is 12.1 Å². The summed E-state index contributed by atoms with van der Waals surface area (Å²) in [6.45, 7) is 2.10. The number of aromatic nitrogens is 1. The van der Waals surface area contributed by atoms with Crippen molar-refractivity contribution in [2.45, 2.75) is 38.6 Å². The zero-order valence-corrected chi connectivity index (χ0v) is 15.0. The van der Waals surface area contributed by atoms with E-state index < -0.39 is 5.97 Å². The standard InChI is InChI=1S/C19H21N3O5/c1-2-25-18(23)13-7-11-8-15-16(27-10-26-15)9-14(11)21-17(13)22-19(24)20-12-5-3-4-6-12/h7-9,12H,2-6,10H2,1H3,(H2,20,21,22,24). The number of urea groups is 1. The van der Waals surface area contributed by atoms with Crippen molar-refractivity contribution in [1.82, 2.24) is 10.3 Å². The van der Waals surface area contributed by atoms with Crippen LogP contribution in [0.2, 0.25) is 0 Å². The molecule has 0 saturated heterocycles. The molecule has 2 N–H and O–H groups in total. The van der Waals surface area contributed by atoms with Crippen molar-refractivity contribution in [2.24, 2.45) is 0 Å². The van der Waals surface area contributed by atoms with Crippen molar-refractivity contribution in [2.75, 3.05) is 18.7 Å². The molecule has 2 aliphatic rings. The van der Waals surface area contributed by atoms with Crippen LogP contribution in [0.4, 0.5) is 10.6 Å². The molecular formula is C19H21N3O5. The van der Waals surface area contributed by atoms with E-state index in [1.54, 1.807) is 25.1 Å². The smallest absolute Gasteiger partial charge is 0.341 e. The third-order valence-electron chi connectivity index (χ3n) is 4.73. The number of rotatable bonds is 4. The summed E-state index contributed by atoms with van der Waals surface area (Å²) < 4.78 is 15.9. The van der Waals surface area contributed by atoms with Crippen LogP contribution >= 0.6 is 0 Å². The molecule has 0 spiro atoms. The number of anilines is 1. The third-order valence-corrected chi connectivity index (χ3v) is 4.73. The molecule has 1 fully saturated rings. The molecular weight excluding hydrogens is 350 g/mol. The Balaban J connectivity index is 1.67. The Bertz CT molecular complexity index is 893. The molecule has 2 heterocycles. The van der Waals surface area contributed by atoms with E-state index in [-0.39, 0.29) is 36.9 Å². The van der Waals surface area contributed by atoms with Crippen LogP contribution in [0.15, 0.2) is 18.2 Å². The van der Waals surface area contributed by atoms with E-state index in [0.29, 0.717) is 22.4 Å². The monoisotopic (exact) mass is 371 g/mol. The predicted octanol–water partition coefficient (Wildman–Crippen LogP) is 3.20. The summed E-state index contributed by atoms with van der Waals surface area (Å²) in [4.78, 5) is 29.2. The Labute approximate surface area is 156 Å². The summed E-state index contributed by atoms with van der Waals surface area (Å²) in [6.07, 6.45) is 4.15. The summed E-state index contributed by atoms with van der Waals surface area (Å²) >= 11 is 0. The van der Waals surface area contributed by atoms with E-state index in [2.05, 4.69) is 15.6 Å². The zero-order chi connectivity index (χ0) is 18.8. The van der Waals surface area contributed by atoms with Crippen molar-refractivity contribution >= 4 is 28.7 Å². The van der Waals surface area contributed by atoms with Gasteiger partial charge in [0.15, 0.2) is 11.5 Å². The lowest BCUT2D eigenvalue weighted by Crippen LogP contribution is -2.36. The number of hydrogen-bond acceptors (Lipinski definition) is 6. The number of esters is 1. The van der Waals surface area contributed by atoms with Crippen molar-refractivity contribution in [3.63, 3.8) is 0 Å². The van der Waals surface area contributed by atoms with Crippen LogP contribution in [0.5, 0.6) is 11.5 Å². The topological polar surface area (TPSA) is 98.8 Å². The van der Waals surface area contributed by atoms with Crippen LogP contribution < -0.4 is 20.1 Å². The highest BCUT2D eigenvalue weighted by atomic mass is 16.7. The van der Waals surface area contributed by atoms with Gasteiger partial charge in [-0.1, -0.05) is 12.8 Å². The summed E-state index contributed by atoms with van der Waals surface area (Å²) in [5.41, 5.74) is 0.785. The first-order valence-electron chi connectivity index (χ1n) is 9.13. The number of nitrogens with one attached hydrogen (secondary N) is 2. The van der Waals surface area contributed by atoms with E-state index in [9.17, 15) is 9.59 Å². The van der Waals surface area contributed by atoms with Crippen molar-refractivity contribution in [1.29, 1.82) is 0 Å². The average molecular weight is 371 g/mol. The summed E-state index contributed by atoms with van der Waals surface area (Å²) in [6, 6.07) is 4.92. The molecule has 0 radical (unpaired) electrons. The molecule has 8 heteroatoms. The normalized spacial score (nSPS) is 15.7. The SMILES string of the molecule is CCOC(=O)c1cc2cc3c(cc2nc1NC(=O)NC1CCCC1)OCO3. The van der Waals surface area contributed by atoms with Gasteiger partial charge in [0.2, 0.25) is 6.79 Å². The van der Waals surface area contributed by atoms with Gasteiger partial charge < -0.3 is 19.5 Å². The molecule has 1 aromatic heterocycles. The van der Waals surface area contributed by atoms with Crippen molar-refractivity contribution < 1.29 is 23.8 Å². The second kappa shape index (κ2) is 7.30. The number of amides is 2. The lowest BCUT2D eigenvalue weighted by atomic mass is 10.1. The lowest BCUT2D eigenvalue weighted by Gasteiger charge is -2.15. The Morgan fingerprint density at radius 3 is 2.67 bits per heavy atom. The molecule has 8 nitrogen and oxygen atoms in total. The fraction of sp³-hybridized carbons (Fsp3) is 0.421. The van der Waals surface area contributed by atoms with Gasteiger partial charge in [-0.15, -0.1) is 0 Å². The van der Waals surface area contributed by atoms with E-state index in [1.165, 1.54) is 0 Å². The Morgan fingerprint density at radius 2 is 1.93 bits per heavy atom. The van der Waals surface area contributed by atoms with Gasteiger partial charge in [-0.3, -0.25) is 5.32 Å². The van der Waals surface area contributed by atoms with Gasteiger partial charge in [0, 0.05) is 17.5 Å². The molecule has 27 heavy (non-hydrogen) atoms. The molecule has 4 rings (SSSR count). The molecule has 0 atom stereocenters. The molecule has 142 valence electrons. The first-order chi connectivity index (χ1) is 13.1. The number of nitrogens with zero attached hydrogens (tertiary/aromatic N) is 1. The van der Waals surface area contributed by atoms with Gasteiger partial charge in [0.1, 0.15) is 11.4 Å². The van der Waals surface area contributed by atoms with Crippen LogP contribution in [-0.4, -0.2) is 36.4 Å². The minimum Gasteiger partial charge on any atom is -0.462 e. The highest BCUT2D eigenvalue weighted by Crippen LogP contribution is 2.36. The van der Waals surface area contributed by atoms with Crippen LogP contribution in [0, 0.1) is 0 Å². The number of pyridine rings is 1. The number of hydrogen-bond donors (Lipinski definition) is 2. The van der Waals surface area contributed by atoms with E-state index in [1.807, 2.05) is 0 Å². The van der Waals surface area contributed by atoms with Crippen LogP contribution in [0.25, 0.3) is 10.9 Å². The number of ether oxygens (including phenoxy) is 3. The minimum absolute atomic E-state index is 0.144. The molecule has 2 amide bonds. The third kappa shape index (κ3) is 3.60. The number of carbonyl (C=O) groups is 2. The van der Waals surface area contributed by atoms with Crippen LogP contribution in [0.3, 0.4) is 0 Å². The highest BCUT2D eigenvalue weighted by Gasteiger charge is 2.22. The van der Waals surface area contributed by atoms with E-state index in [4.69, 9.17) is 14.2 Å². The van der Waals surface area contributed by atoms with Crippen molar-refractivity contribution in [3.8, 4) is 11.5 Å². The Kier molecular flexibility index (Phi) is 4.70. The summed E-state index contributed by atoms with van der Waals surface area (Å²) in [5.74, 6) is 0.801. The Morgan fingerprint density at radius 1 is 1.19 bits per heavy atom. The quantitative estimate of drug-likeness (QED) is 0.801. The number of carbonyl (C=O) groups excluding carboxylic acids is 2. The highest BCUT2D eigenvalue weighted by molar-refractivity contribution is 6.03. The van der Waals surface area contributed by atoms with Gasteiger partial charge in [0.25, 0.3) is 0 Å². The second-order valence-corrected chi connectivity index (χ2v) is 6.58. The van der Waals surface area contributed by atoms with Gasteiger partial charge >= 0.3 is 12.0 Å². The van der Waals surface area contributed by atoms with Crippen LogP contribution in [-0.2, 0) is 4.74 Å². The maximum Gasteiger partial charge on any atom is 0.341 e. The largest absolute Gasteiger partial charge is 0.462 e. The average Bonchev–Trinajstić information content (AvgIpc) is 3.30. The lowest BCUT2D eigenvalue weighted by molar-refractivity contribution is 0.0527. The molecule has 1 aliphatic carbocycles. The fourth-order valence-corrected chi connectivity index (χ4v) is 3.42. The van der Waals surface area contributed by atoms with Crippen LogP contribution in [0.1, 0.15) is 43.0 Å². The first kappa shape index (κ1) is 17.4. The predicted molar refractivity (Wildman–Crippen MR) is 98.2 cm³/mol.